The molecule has 0 spiro atoms. The number of Topliss-reactive ketones (excluding diaryl/α,β-unsaturated/α-hetero) is 1. The van der Waals surface area contributed by atoms with Crippen LogP contribution in [0.1, 0.15) is 44.8 Å². The van der Waals surface area contributed by atoms with E-state index in [-0.39, 0.29) is 11.3 Å². The van der Waals surface area contributed by atoms with Gasteiger partial charge >= 0.3 is 5.97 Å². The molecule has 1 aliphatic carbocycles. The van der Waals surface area contributed by atoms with Crippen LogP contribution in [-0.2, 0) is 11.2 Å². The van der Waals surface area contributed by atoms with Gasteiger partial charge in [-0.15, -0.1) is 0 Å². The number of fused-ring (bicyclic) bond motifs is 1. The average Bonchev–Trinajstić information content (AvgIpc) is 2.60. The Balaban J connectivity index is 2.20. The number of carbonyl (C=O) groups excluding carboxylic acids is 2. The summed E-state index contributed by atoms with van der Waals surface area (Å²) in [6, 6.07) is 8.50. The first kappa shape index (κ1) is 17.6. The van der Waals surface area contributed by atoms with Crippen molar-refractivity contribution in [3.05, 3.63) is 63.1 Å². The average molecular weight is 354 g/mol. The van der Waals surface area contributed by atoms with Gasteiger partial charge in [-0.25, -0.2) is 0 Å². The molecule has 0 fully saturated rings. The standard InChI is InChI=1S/C19H18N2O5/c1-11-5-7-12(8-6-11)21-15-3-2-4-16(22)13(15)9-14(19(21)26)18(25)20-10-17(23)24/h5-9H,2-4,10H2,1H3,(H,20,25)(H,23,24). The minimum absolute atomic E-state index is 0.126. The van der Waals surface area contributed by atoms with Crippen molar-refractivity contribution in [3.63, 3.8) is 0 Å². The molecule has 134 valence electrons. The van der Waals surface area contributed by atoms with Gasteiger partial charge < -0.3 is 10.4 Å². The van der Waals surface area contributed by atoms with Gasteiger partial charge in [0.15, 0.2) is 5.78 Å². The molecule has 0 saturated carbocycles. The van der Waals surface area contributed by atoms with Crippen LogP contribution in [0.15, 0.2) is 35.1 Å². The maximum atomic E-state index is 13.0. The zero-order valence-corrected chi connectivity index (χ0v) is 14.2. The molecule has 1 heterocycles. The van der Waals surface area contributed by atoms with E-state index in [1.54, 1.807) is 12.1 Å². The van der Waals surface area contributed by atoms with Crippen LogP contribution in [-0.4, -0.2) is 33.9 Å². The van der Waals surface area contributed by atoms with E-state index < -0.39 is 24.0 Å². The number of rotatable bonds is 4. The van der Waals surface area contributed by atoms with Crippen LogP contribution in [0.3, 0.4) is 0 Å². The van der Waals surface area contributed by atoms with Crippen LogP contribution in [0.4, 0.5) is 0 Å². The van der Waals surface area contributed by atoms with Crippen molar-refractivity contribution < 1.29 is 19.5 Å². The summed E-state index contributed by atoms with van der Waals surface area (Å²) in [6.45, 7) is 1.31. The van der Waals surface area contributed by atoms with Crippen LogP contribution in [0, 0.1) is 6.92 Å². The molecule has 0 unspecified atom stereocenters. The third kappa shape index (κ3) is 3.28. The molecule has 2 N–H and O–H groups in total. The number of aliphatic carboxylic acids is 1. The first-order valence-electron chi connectivity index (χ1n) is 8.27. The van der Waals surface area contributed by atoms with Crippen LogP contribution in [0.2, 0.25) is 0 Å². The summed E-state index contributed by atoms with van der Waals surface area (Å²) in [5, 5.41) is 10.9. The van der Waals surface area contributed by atoms with E-state index in [1.807, 2.05) is 19.1 Å². The van der Waals surface area contributed by atoms with Crippen molar-refractivity contribution in [2.24, 2.45) is 0 Å². The van der Waals surface area contributed by atoms with Crippen LogP contribution < -0.4 is 10.9 Å². The van der Waals surface area contributed by atoms with Gasteiger partial charge in [-0.1, -0.05) is 17.7 Å². The second-order valence-corrected chi connectivity index (χ2v) is 6.25. The molecule has 7 nitrogen and oxygen atoms in total. The number of amides is 1. The molecule has 0 saturated heterocycles. The second-order valence-electron chi connectivity index (χ2n) is 6.25. The summed E-state index contributed by atoms with van der Waals surface area (Å²) in [7, 11) is 0. The highest BCUT2D eigenvalue weighted by Gasteiger charge is 2.26. The molecule has 0 radical (unpaired) electrons. The number of nitrogens with one attached hydrogen (secondary N) is 1. The van der Waals surface area contributed by atoms with Gasteiger partial charge in [-0.2, -0.15) is 0 Å². The molecular weight excluding hydrogens is 336 g/mol. The molecule has 0 bridgehead atoms. The van der Waals surface area contributed by atoms with Gasteiger partial charge in [0.05, 0.1) is 0 Å². The lowest BCUT2D eigenvalue weighted by atomic mass is 9.92. The lowest BCUT2D eigenvalue weighted by Gasteiger charge is -2.21. The number of carbonyl (C=O) groups is 3. The number of carboxylic acids is 1. The van der Waals surface area contributed by atoms with Crippen molar-refractivity contribution in [1.82, 2.24) is 9.88 Å². The highest BCUT2D eigenvalue weighted by Crippen LogP contribution is 2.23. The monoisotopic (exact) mass is 354 g/mol. The molecule has 1 aromatic heterocycles. The van der Waals surface area contributed by atoms with E-state index >= 15 is 0 Å². The first-order valence-corrected chi connectivity index (χ1v) is 8.27. The number of aromatic nitrogens is 1. The molecule has 0 atom stereocenters. The van der Waals surface area contributed by atoms with Gasteiger partial charge in [-0.05, 0) is 38.0 Å². The van der Waals surface area contributed by atoms with Crippen molar-refractivity contribution in [2.75, 3.05) is 6.54 Å². The number of benzene rings is 1. The Kier molecular flexibility index (Phi) is 4.71. The van der Waals surface area contributed by atoms with Gasteiger partial charge in [0.25, 0.3) is 11.5 Å². The van der Waals surface area contributed by atoms with E-state index in [1.165, 1.54) is 10.6 Å². The maximum absolute atomic E-state index is 13.0. The van der Waals surface area contributed by atoms with Gasteiger partial charge in [0, 0.05) is 23.4 Å². The highest BCUT2D eigenvalue weighted by atomic mass is 16.4. The van der Waals surface area contributed by atoms with E-state index in [9.17, 15) is 19.2 Å². The fourth-order valence-electron chi connectivity index (χ4n) is 3.07. The third-order valence-corrected chi connectivity index (χ3v) is 4.36. The fourth-order valence-corrected chi connectivity index (χ4v) is 3.07. The molecule has 1 amide bonds. The molecule has 1 aromatic carbocycles. The van der Waals surface area contributed by atoms with Crippen molar-refractivity contribution in [3.8, 4) is 5.69 Å². The molecule has 26 heavy (non-hydrogen) atoms. The van der Waals surface area contributed by atoms with Crippen molar-refractivity contribution in [1.29, 1.82) is 0 Å². The second kappa shape index (κ2) is 6.95. The molecule has 3 rings (SSSR count). The van der Waals surface area contributed by atoms with Crippen molar-refractivity contribution >= 4 is 17.7 Å². The van der Waals surface area contributed by atoms with E-state index in [2.05, 4.69) is 5.32 Å². The van der Waals surface area contributed by atoms with Gasteiger partial charge in [0.1, 0.15) is 12.1 Å². The maximum Gasteiger partial charge on any atom is 0.322 e. The normalized spacial score (nSPS) is 13.2. The van der Waals surface area contributed by atoms with Crippen LogP contribution >= 0.6 is 0 Å². The number of ketones is 1. The van der Waals surface area contributed by atoms with Gasteiger partial charge in [0.2, 0.25) is 0 Å². The number of pyridine rings is 1. The predicted molar refractivity (Wildman–Crippen MR) is 94.0 cm³/mol. The Morgan fingerprint density at radius 2 is 1.85 bits per heavy atom. The summed E-state index contributed by atoms with van der Waals surface area (Å²) in [5.74, 6) is -2.15. The highest BCUT2D eigenvalue weighted by molar-refractivity contribution is 6.02. The fraction of sp³-hybridized carbons (Fsp3) is 0.263. The Labute approximate surface area is 149 Å². The number of carboxylic acid groups (broad SMARTS) is 1. The summed E-state index contributed by atoms with van der Waals surface area (Å²) in [6.07, 6.45) is 1.55. The third-order valence-electron chi connectivity index (χ3n) is 4.36. The van der Waals surface area contributed by atoms with E-state index in [0.29, 0.717) is 36.2 Å². The summed E-state index contributed by atoms with van der Waals surface area (Å²) >= 11 is 0. The molecule has 2 aromatic rings. The van der Waals surface area contributed by atoms with E-state index in [0.717, 1.165) is 5.56 Å². The van der Waals surface area contributed by atoms with E-state index in [4.69, 9.17) is 5.11 Å². The Morgan fingerprint density at radius 1 is 1.15 bits per heavy atom. The summed E-state index contributed by atoms with van der Waals surface area (Å²) in [4.78, 5) is 48.3. The first-order chi connectivity index (χ1) is 12.4. The van der Waals surface area contributed by atoms with Crippen LogP contribution in [0.5, 0.6) is 0 Å². The number of hydrogen-bond donors (Lipinski definition) is 2. The minimum atomic E-state index is -1.22. The van der Waals surface area contributed by atoms with Gasteiger partial charge in [-0.3, -0.25) is 23.7 Å². The molecule has 7 heteroatoms. The minimum Gasteiger partial charge on any atom is -0.480 e. The molecule has 1 aliphatic rings. The predicted octanol–water partition coefficient (Wildman–Crippen LogP) is 1.48. The SMILES string of the molecule is Cc1ccc(-n2c3c(cc(C(=O)NCC(=O)O)c2=O)C(=O)CCC3)cc1. The topological polar surface area (TPSA) is 105 Å². The lowest BCUT2D eigenvalue weighted by Crippen LogP contribution is -2.37. The molecular formula is C19H18N2O5. The van der Waals surface area contributed by atoms with Crippen LogP contribution in [0.25, 0.3) is 5.69 Å². The zero-order chi connectivity index (χ0) is 18.8. The largest absolute Gasteiger partial charge is 0.480 e. The number of hydrogen-bond acceptors (Lipinski definition) is 4. The Hall–Kier alpha value is -3.22. The van der Waals surface area contributed by atoms with Crippen molar-refractivity contribution in [2.45, 2.75) is 26.2 Å². The zero-order valence-electron chi connectivity index (χ0n) is 14.2. The number of aryl methyl sites for hydroxylation is 1. The Bertz CT molecular complexity index is 957. The quantitative estimate of drug-likeness (QED) is 0.865. The number of nitrogens with zero attached hydrogens (tertiary/aromatic N) is 1. The summed E-state index contributed by atoms with van der Waals surface area (Å²) < 4.78 is 1.39. The lowest BCUT2D eigenvalue weighted by molar-refractivity contribution is -0.135. The smallest absolute Gasteiger partial charge is 0.322 e. The Morgan fingerprint density at radius 3 is 2.50 bits per heavy atom. The summed E-state index contributed by atoms with van der Waals surface area (Å²) in [5.41, 5.74) is 1.72. The molecule has 0 aliphatic heterocycles.